The molecule has 0 bridgehead atoms. The number of nitrogens with one attached hydrogen (secondary N) is 3. The third-order valence-corrected chi connectivity index (χ3v) is 12.3. The van der Waals surface area contributed by atoms with Crippen molar-refractivity contribution in [2.75, 3.05) is 0 Å². The van der Waals surface area contributed by atoms with Crippen molar-refractivity contribution in [3.63, 3.8) is 0 Å². The Bertz CT molecular complexity index is 2610. The van der Waals surface area contributed by atoms with Crippen LogP contribution in [0.3, 0.4) is 0 Å². The van der Waals surface area contributed by atoms with Gasteiger partial charge in [0.05, 0.1) is 30.9 Å². The molecule has 65 heavy (non-hydrogen) atoms. The van der Waals surface area contributed by atoms with E-state index in [1.54, 1.807) is 24.3 Å². The number of fused-ring (bicyclic) bond motifs is 2. The fraction of sp³-hybridized carbons (Fsp3) is 0.333. The summed E-state index contributed by atoms with van der Waals surface area (Å²) < 4.78 is 0. The average molecular weight is 928 g/mol. The van der Waals surface area contributed by atoms with Gasteiger partial charge in [-0.2, -0.15) is 0 Å². The molecule has 3 heterocycles. The molecule has 4 aromatic carbocycles. The molecule has 0 spiro atoms. The number of nitrogens with zero attached hydrogens (tertiary/aromatic N) is 3. The molecule has 4 unspecified atom stereocenters. The number of carbonyl (C=O) groups excluding carboxylic acids is 4. The first kappa shape index (κ1) is 49.8. The highest BCUT2D eigenvalue weighted by Crippen LogP contribution is 2.28. The van der Waals surface area contributed by atoms with Gasteiger partial charge < -0.3 is 47.1 Å². The van der Waals surface area contributed by atoms with Crippen molar-refractivity contribution in [1.82, 2.24) is 30.4 Å². The number of aromatic hydroxyl groups is 2. The Labute approximate surface area is 389 Å². The van der Waals surface area contributed by atoms with Gasteiger partial charge in [-0.15, -0.1) is 24.8 Å². The van der Waals surface area contributed by atoms with E-state index in [4.69, 9.17) is 11.5 Å². The van der Waals surface area contributed by atoms with E-state index < -0.39 is 47.4 Å². The quantitative estimate of drug-likeness (QED) is 0.0962. The number of phenols is 2. The maximum atomic E-state index is 14.0. The van der Waals surface area contributed by atoms with Crippen LogP contribution in [0, 0.1) is 27.7 Å². The first-order chi connectivity index (χ1) is 30.1. The number of halogens is 2. The maximum absolute atomic E-state index is 14.0. The highest BCUT2D eigenvalue weighted by molar-refractivity contribution is 5.91. The molecular formula is C48H56Cl2N8O7. The number of hydrogen-bond donors (Lipinski definition) is 7. The predicted molar refractivity (Wildman–Crippen MR) is 251 cm³/mol. The monoisotopic (exact) mass is 926 g/mol. The number of aryl methyl sites for hydroxylation is 4. The average Bonchev–Trinajstić information content (AvgIpc) is 3.25. The SMILES string of the molecule is Cc1cc(O)cc(C)c1CC(N)C(=O)N1Cc2ccccc2CC1C(=O)NCc1cnc(CNC(=O)C2Cc3ccccc3CN2C(=O)C(N)Cc2c(C)cc(O)cc2C)c(=O)[nH]1.Cl.Cl. The van der Waals surface area contributed by atoms with Crippen LogP contribution in [-0.4, -0.2) is 77.8 Å². The molecule has 9 N–H and O–H groups in total. The Hall–Kier alpha value is -6.26. The van der Waals surface area contributed by atoms with Crippen molar-refractivity contribution in [1.29, 1.82) is 0 Å². The zero-order chi connectivity index (χ0) is 45.1. The third-order valence-electron chi connectivity index (χ3n) is 12.3. The van der Waals surface area contributed by atoms with E-state index in [0.717, 1.165) is 55.6 Å². The molecule has 7 rings (SSSR count). The minimum absolute atomic E-state index is 0. The Kier molecular flexibility index (Phi) is 16.2. The van der Waals surface area contributed by atoms with Crippen molar-refractivity contribution in [2.24, 2.45) is 11.5 Å². The molecule has 344 valence electrons. The summed E-state index contributed by atoms with van der Waals surface area (Å²) in [6.45, 7) is 7.46. The van der Waals surface area contributed by atoms with E-state index in [2.05, 4.69) is 20.6 Å². The van der Waals surface area contributed by atoms with Crippen LogP contribution in [0.25, 0.3) is 0 Å². The normalized spacial score (nSPS) is 16.2. The molecule has 17 heteroatoms. The van der Waals surface area contributed by atoms with Crippen molar-refractivity contribution < 1.29 is 29.4 Å². The fourth-order valence-electron chi connectivity index (χ4n) is 8.87. The lowest BCUT2D eigenvalue weighted by molar-refractivity contribution is -0.143. The number of nitrogens with two attached hydrogens (primary N) is 2. The van der Waals surface area contributed by atoms with Crippen LogP contribution in [0.2, 0.25) is 0 Å². The van der Waals surface area contributed by atoms with E-state index >= 15 is 0 Å². The molecule has 0 radical (unpaired) electrons. The Morgan fingerprint density at radius 1 is 0.677 bits per heavy atom. The number of benzene rings is 4. The Balaban J connectivity index is 0.00000397. The zero-order valence-electron chi connectivity index (χ0n) is 36.7. The number of aromatic amines is 1. The van der Waals surface area contributed by atoms with Gasteiger partial charge in [0.2, 0.25) is 23.6 Å². The molecule has 2 aliphatic rings. The van der Waals surface area contributed by atoms with Gasteiger partial charge >= 0.3 is 0 Å². The predicted octanol–water partition coefficient (Wildman–Crippen LogP) is 3.54. The van der Waals surface area contributed by atoms with E-state index in [1.807, 2.05) is 76.2 Å². The second-order valence-electron chi connectivity index (χ2n) is 16.8. The fourth-order valence-corrected chi connectivity index (χ4v) is 8.87. The van der Waals surface area contributed by atoms with Gasteiger partial charge in [-0.25, -0.2) is 0 Å². The van der Waals surface area contributed by atoms with Crippen LogP contribution < -0.4 is 27.7 Å². The van der Waals surface area contributed by atoms with E-state index in [9.17, 15) is 34.2 Å². The topological polar surface area (TPSA) is 237 Å². The lowest BCUT2D eigenvalue weighted by Gasteiger charge is -2.37. The molecule has 4 amide bonds. The second kappa shape index (κ2) is 21.2. The summed E-state index contributed by atoms with van der Waals surface area (Å²) in [5, 5.41) is 25.7. The van der Waals surface area contributed by atoms with Crippen LogP contribution in [0.15, 0.2) is 83.8 Å². The summed E-state index contributed by atoms with van der Waals surface area (Å²) in [5.41, 5.74) is 21.4. The van der Waals surface area contributed by atoms with Crippen molar-refractivity contribution >= 4 is 48.4 Å². The summed E-state index contributed by atoms with van der Waals surface area (Å²) in [6, 6.07) is 18.0. The van der Waals surface area contributed by atoms with Crippen molar-refractivity contribution in [2.45, 2.75) is 104 Å². The zero-order valence-corrected chi connectivity index (χ0v) is 38.4. The highest BCUT2D eigenvalue weighted by atomic mass is 35.5. The number of aromatic nitrogens is 2. The molecule has 5 aromatic rings. The number of amides is 4. The van der Waals surface area contributed by atoms with Crippen molar-refractivity contribution in [3.8, 4) is 11.5 Å². The van der Waals surface area contributed by atoms with Gasteiger partial charge in [0.1, 0.15) is 29.3 Å². The standard InChI is InChI=1S/C48H54N8O7.2ClH/c1-26-13-35(57)14-27(2)37(26)19-39(49)47(62)55-24-32-11-7-5-9-30(32)17-42(55)45(60)52-22-34-21-51-41(44(59)54-34)23-53-46(61)43-18-31-10-6-8-12-33(31)25-56(43)48(63)40(50)20-38-28(3)15-36(58)16-29(38)4;;/h5-16,21,39-40,42-43,57-58H,17-20,22-25,49-50H2,1-4H3,(H,52,60)(H,53,61)(H,54,59);2*1H. The summed E-state index contributed by atoms with van der Waals surface area (Å²) in [5.74, 6) is -1.42. The number of phenolic OH excluding ortho intramolecular Hbond substituents is 2. The molecule has 4 atom stereocenters. The maximum Gasteiger partial charge on any atom is 0.271 e. The summed E-state index contributed by atoms with van der Waals surface area (Å²) in [7, 11) is 0. The van der Waals surface area contributed by atoms with E-state index in [0.29, 0.717) is 5.69 Å². The molecule has 0 saturated carbocycles. The first-order valence-corrected chi connectivity index (χ1v) is 21.0. The Morgan fingerprint density at radius 2 is 1.06 bits per heavy atom. The number of carbonyl (C=O) groups is 4. The van der Waals surface area contributed by atoms with Gasteiger partial charge in [-0.3, -0.25) is 29.0 Å². The number of rotatable bonds is 12. The summed E-state index contributed by atoms with van der Waals surface area (Å²) in [4.78, 5) is 78.9. The third kappa shape index (κ3) is 11.2. The van der Waals surface area contributed by atoms with Crippen LogP contribution >= 0.6 is 24.8 Å². The smallest absolute Gasteiger partial charge is 0.271 e. The van der Waals surface area contributed by atoms with E-state index in [-0.39, 0.29) is 99.8 Å². The molecule has 0 fully saturated rings. The molecule has 0 aliphatic carbocycles. The van der Waals surface area contributed by atoms with Gasteiger partial charge in [0, 0.05) is 32.1 Å². The second-order valence-corrected chi connectivity index (χ2v) is 16.8. The first-order valence-electron chi connectivity index (χ1n) is 21.0. The van der Waals surface area contributed by atoms with Gasteiger partial charge in [0.15, 0.2) is 0 Å². The van der Waals surface area contributed by atoms with Crippen LogP contribution in [-0.2, 0) is 71.0 Å². The molecule has 0 saturated heterocycles. The molecule has 15 nitrogen and oxygen atoms in total. The number of H-pyrrole nitrogens is 1. The van der Waals surface area contributed by atoms with Crippen LogP contribution in [0.1, 0.15) is 67.0 Å². The number of hydrogen-bond acceptors (Lipinski definition) is 10. The minimum atomic E-state index is -0.953. The van der Waals surface area contributed by atoms with Gasteiger partial charge in [-0.1, -0.05) is 48.5 Å². The van der Waals surface area contributed by atoms with Crippen LogP contribution in [0.5, 0.6) is 11.5 Å². The van der Waals surface area contributed by atoms with Gasteiger partial charge in [-0.05, 0) is 120 Å². The van der Waals surface area contributed by atoms with Gasteiger partial charge in [0.25, 0.3) is 5.56 Å². The molecular weight excluding hydrogens is 871 g/mol. The van der Waals surface area contributed by atoms with Crippen LogP contribution in [0.4, 0.5) is 0 Å². The van der Waals surface area contributed by atoms with Crippen molar-refractivity contribution in [3.05, 3.63) is 156 Å². The minimum Gasteiger partial charge on any atom is -0.508 e. The highest BCUT2D eigenvalue weighted by Gasteiger charge is 2.38. The molecule has 1 aromatic heterocycles. The lowest BCUT2D eigenvalue weighted by Crippen LogP contribution is -2.56. The summed E-state index contributed by atoms with van der Waals surface area (Å²) >= 11 is 0. The largest absolute Gasteiger partial charge is 0.508 e. The van der Waals surface area contributed by atoms with E-state index in [1.165, 1.54) is 16.0 Å². The summed E-state index contributed by atoms with van der Waals surface area (Å²) in [6.07, 6.45) is 2.36. The molecule has 2 aliphatic heterocycles. The lowest BCUT2D eigenvalue weighted by atomic mass is 9.91. The Morgan fingerprint density at radius 3 is 1.46 bits per heavy atom.